The first-order valence-corrected chi connectivity index (χ1v) is 9.06. The van der Waals surface area contributed by atoms with E-state index in [9.17, 15) is 14.4 Å². The van der Waals surface area contributed by atoms with Crippen LogP contribution in [0, 0.1) is 5.92 Å². The van der Waals surface area contributed by atoms with Crippen LogP contribution in [0.1, 0.15) is 40.1 Å². The van der Waals surface area contributed by atoms with Crippen LogP contribution in [0.15, 0.2) is 15.0 Å². The van der Waals surface area contributed by atoms with Crippen LogP contribution < -0.4 is 11.1 Å². The molecule has 2 heterocycles. The van der Waals surface area contributed by atoms with Crippen LogP contribution >= 0.6 is 0 Å². The van der Waals surface area contributed by atoms with Gasteiger partial charge in [0.15, 0.2) is 11.9 Å². The van der Waals surface area contributed by atoms with E-state index in [1.54, 1.807) is 34.6 Å². The number of esters is 1. The monoisotopic (exact) mass is 428 g/mol. The summed E-state index contributed by atoms with van der Waals surface area (Å²) in [5, 5.41) is 2.30. The fourth-order valence-corrected chi connectivity index (χ4v) is 2.34. The fourth-order valence-electron chi connectivity index (χ4n) is 2.34. The van der Waals surface area contributed by atoms with Crippen molar-refractivity contribution in [2.45, 2.75) is 52.3 Å². The van der Waals surface area contributed by atoms with Crippen molar-refractivity contribution in [1.82, 2.24) is 10.2 Å². The standard InChI is InChI=1S/C18H28N6O6/c1-10(2)11(21-17(27)30-18(3,4)5)15(26)29-7-6-28-9-24-8-20-12-13(24)22-16(19)23-14(12)25/h8,10-12H,6-7,9H2,1-5H3,(H,21,27)(H2,19,23,25)/t11-,12?/m1/s1/i6D2,7D2. The Kier molecular flexibility index (Phi) is 5.73. The average Bonchev–Trinajstić information content (AvgIpc) is 3.05. The Balaban J connectivity index is 2.04. The van der Waals surface area contributed by atoms with Crippen LogP contribution in [0.4, 0.5) is 4.79 Å². The number of carbonyl (C=O) groups excluding carboxylic acids is 3. The van der Waals surface area contributed by atoms with Crippen molar-refractivity contribution in [3.8, 4) is 0 Å². The zero-order valence-electron chi connectivity index (χ0n) is 21.3. The van der Waals surface area contributed by atoms with Gasteiger partial charge in [0.2, 0.25) is 5.96 Å². The Morgan fingerprint density at radius 3 is 2.67 bits per heavy atom. The van der Waals surface area contributed by atoms with Crippen molar-refractivity contribution in [3.63, 3.8) is 0 Å². The zero-order chi connectivity index (χ0) is 26.1. The number of fused-ring (bicyclic) bond motifs is 1. The van der Waals surface area contributed by atoms with E-state index in [0.29, 0.717) is 0 Å². The van der Waals surface area contributed by atoms with E-state index in [-0.39, 0.29) is 11.8 Å². The van der Waals surface area contributed by atoms with E-state index < -0.39 is 61.4 Å². The summed E-state index contributed by atoms with van der Waals surface area (Å²) in [5.74, 6) is -2.70. The van der Waals surface area contributed by atoms with Crippen LogP contribution in [-0.4, -0.2) is 78.5 Å². The molecule has 0 saturated carbocycles. The fraction of sp³-hybridized carbons (Fsp3) is 0.667. The first kappa shape index (κ1) is 17.8. The number of nitrogens with zero attached hydrogens (tertiary/aromatic N) is 4. The highest BCUT2D eigenvalue weighted by Gasteiger charge is 2.35. The molecule has 0 aromatic rings. The second kappa shape index (κ2) is 9.65. The summed E-state index contributed by atoms with van der Waals surface area (Å²) < 4.78 is 46.7. The summed E-state index contributed by atoms with van der Waals surface area (Å²) in [6.45, 7) is 0.986. The number of aliphatic imine (C=N–C) groups is 3. The second-order valence-electron chi connectivity index (χ2n) is 7.68. The maximum atomic E-state index is 12.6. The van der Waals surface area contributed by atoms with E-state index in [0.717, 1.165) is 11.2 Å². The number of alkyl carbamates (subject to hydrolysis) is 1. The second-order valence-corrected chi connectivity index (χ2v) is 7.68. The van der Waals surface area contributed by atoms with Crippen molar-refractivity contribution >= 4 is 36.1 Å². The molecule has 0 bridgehead atoms. The maximum absolute atomic E-state index is 12.6. The van der Waals surface area contributed by atoms with Gasteiger partial charge >= 0.3 is 12.1 Å². The number of hydrogen-bond acceptors (Lipinski definition) is 10. The number of hydrogen-bond donors (Lipinski definition) is 2. The molecule has 0 spiro atoms. The van der Waals surface area contributed by atoms with Gasteiger partial charge in [0.1, 0.15) is 24.9 Å². The van der Waals surface area contributed by atoms with Gasteiger partial charge in [-0.15, -0.1) is 0 Å². The average molecular weight is 428 g/mol. The highest BCUT2D eigenvalue weighted by Crippen LogP contribution is 2.13. The Morgan fingerprint density at radius 1 is 1.33 bits per heavy atom. The molecule has 12 nitrogen and oxygen atoms in total. The van der Waals surface area contributed by atoms with Crippen LogP contribution in [-0.2, 0) is 23.8 Å². The van der Waals surface area contributed by atoms with E-state index in [1.165, 1.54) is 0 Å². The van der Waals surface area contributed by atoms with Gasteiger partial charge in [-0.25, -0.2) is 9.59 Å². The SMILES string of the molecule is [2H]C([2H])(OCN1C=NC2C(=O)N=C(N)N=C21)C([2H])([2H])OC(=O)[C@H](NC(=O)OC(C)(C)C)C(C)C. The number of guanidine groups is 1. The molecule has 0 aromatic heterocycles. The molecule has 2 aliphatic heterocycles. The van der Waals surface area contributed by atoms with Gasteiger partial charge < -0.3 is 25.3 Å². The minimum absolute atomic E-state index is 0.0345. The van der Waals surface area contributed by atoms with Crippen molar-refractivity contribution in [3.05, 3.63) is 0 Å². The molecule has 3 N–H and O–H groups in total. The zero-order valence-corrected chi connectivity index (χ0v) is 17.3. The number of rotatable bonds is 8. The molecule has 1 unspecified atom stereocenters. The number of carbonyl (C=O) groups is 3. The lowest BCUT2D eigenvalue weighted by atomic mass is 10.1. The normalized spacial score (nSPS) is 22.1. The van der Waals surface area contributed by atoms with Crippen LogP contribution in [0.5, 0.6) is 0 Å². The van der Waals surface area contributed by atoms with Gasteiger partial charge in [-0.05, 0) is 26.7 Å². The van der Waals surface area contributed by atoms with Gasteiger partial charge in [-0.1, -0.05) is 13.8 Å². The largest absolute Gasteiger partial charge is 0.462 e. The van der Waals surface area contributed by atoms with Crippen molar-refractivity contribution in [2.24, 2.45) is 26.6 Å². The lowest BCUT2D eigenvalue weighted by Gasteiger charge is -2.24. The van der Waals surface area contributed by atoms with Crippen LogP contribution in [0.25, 0.3) is 0 Å². The molecule has 2 aliphatic rings. The molecular formula is C18H28N6O6. The molecule has 2 atom stereocenters. The topological polar surface area (TPSA) is 157 Å². The minimum atomic E-state index is -3.27. The van der Waals surface area contributed by atoms with E-state index in [4.69, 9.17) is 25.4 Å². The Labute approximate surface area is 180 Å². The smallest absolute Gasteiger partial charge is 0.408 e. The van der Waals surface area contributed by atoms with Gasteiger partial charge in [-0.3, -0.25) is 14.7 Å². The first-order valence-electron chi connectivity index (χ1n) is 11.1. The number of nitrogens with one attached hydrogen (secondary N) is 1. The third-order valence-electron chi connectivity index (χ3n) is 3.64. The highest BCUT2D eigenvalue weighted by atomic mass is 16.6. The summed E-state index contributed by atoms with van der Waals surface area (Å²) in [6.07, 6.45) is 0.226. The number of amidine groups is 1. The molecule has 30 heavy (non-hydrogen) atoms. The summed E-state index contributed by atoms with van der Waals surface area (Å²) in [7, 11) is 0. The Morgan fingerprint density at radius 2 is 2.03 bits per heavy atom. The lowest BCUT2D eigenvalue weighted by molar-refractivity contribution is -0.149. The molecule has 0 aliphatic carbocycles. The minimum Gasteiger partial charge on any atom is -0.462 e. The third kappa shape index (κ3) is 6.51. The molecule has 0 fully saturated rings. The molecular weight excluding hydrogens is 396 g/mol. The van der Waals surface area contributed by atoms with Crippen molar-refractivity contribution in [2.75, 3.05) is 19.8 Å². The third-order valence-corrected chi connectivity index (χ3v) is 3.64. The Bertz CT molecular complexity index is 930. The van der Waals surface area contributed by atoms with E-state index in [1.807, 2.05) is 0 Å². The molecule has 12 heteroatoms. The molecule has 166 valence electrons. The number of ether oxygens (including phenoxy) is 3. The number of nitrogens with two attached hydrogens (primary N) is 1. The van der Waals surface area contributed by atoms with Crippen molar-refractivity contribution in [1.29, 1.82) is 0 Å². The molecule has 2 amide bonds. The molecule has 2 rings (SSSR count). The summed E-state index contributed by atoms with van der Waals surface area (Å²) in [4.78, 5) is 48.8. The summed E-state index contributed by atoms with van der Waals surface area (Å²) >= 11 is 0. The van der Waals surface area contributed by atoms with E-state index >= 15 is 0 Å². The molecule has 0 saturated heterocycles. The lowest BCUT2D eigenvalue weighted by Crippen LogP contribution is -2.47. The van der Waals surface area contributed by atoms with Gasteiger partial charge in [0.05, 0.1) is 18.4 Å². The summed E-state index contributed by atoms with van der Waals surface area (Å²) in [6, 6.07) is -2.38. The van der Waals surface area contributed by atoms with Gasteiger partial charge in [0, 0.05) is 0 Å². The number of amides is 2. The highest BCUT2D eigenvalue weighted by molar-refractivity contribution is 6.21. The van der Waals surface area contributed by atoms with Gasteiger partial charge in [0.25, 0.3) is 5.91 Å². The molecule has 0 radical (unpaired) electrons. The van der Waals surface area contributed by atoms with Crippen LogP contribution in [0.3, 0.4) is 0 Å². The van der Waals surface area contributed by atoms with Gasteiger partial charge in [-0.2, -0.15) is 9.98 Å². The first-order chi connectivity index (χ1) is 15.4. The maximum Gasteiger partial charge on any atom is 0.408 e. The van der Waals surface area contributed by atoms with Crippen LogP contribution in [0.2, 0.25) is 0 Å². The predicted molar refractivity (Wildman–Crippen MR) is 108 cm³/mol. The predicted octanol–water partition coefficient (Wildman–Crippen LogP) is 0.0189. The quantitative estimate of drug-likeness (QED) is 0.512. The summed E-state index contributed by atoms with van der Waals surface area (Å²) in [5.41, 5.74) is 4.62. The molecule has 0 aromatic carbocycles. The Hall–Kier alpha value is -3.02. The van der Waals surface area contributed by atoms with E-state index in [2.05, 4.69) is 20.3 Å². The van der Waals surface area contributed by atoms with Crippen molar-refractivity contribution < 1.29 is 34.1 Å².